The summed E-state index contributed by atoms with van der Waals surface area (Å²) >= 11 is 0. The minimum Gasteiger partial charge on any atom is -0.483 e. The van der Waals surface area contributed by atoms with Gasteiger partial charge in [-0.2, -0.15) is 5.10 Å². The fraction of sp³-hybridized carbons (Fsp3) is 0.259. The standard InChI is InChI=1S/C27H26F2N4O3/c1-17(25-24(34)10-11-33(32-25)20-8-9-22(28)23(29)13-20)18-6-5-7-19(12-18)26-30-14-21(15-31-26)36-16-27(2,3)35-4/h5-15,17H,16H2,1-4H3/p+1. The summed E-state index contributed by atoms with van der Waals surface area (Å²) in [5.74, 6) is -1.09. The zero-order valence-corrected chi connectivity index (χ0v) is 20.5. The maximum absolute atomic E-state index is 13.7. The summed E-state index contributed by atoms with van der Waals surface area (Å²) in [6.45, 7) is 6.10. The predicted octanol–water partition coefficient (Wildman–Crippen LogP) is 4.34. The summed E-state index contributed by atoms with van der Waals surface area (Å²) in [6, 6.07) is 12.4. The van der Waals surface area contributed by atoms with Gasteiger partial charge in [-0.1, -0.05) is 19.1 Å². The maximum Gasteiger partial charge on any atom is 0.328 e. The first kappa shape index (κ1) is 25.1. The Balaban J connectivity index is 1.58. The van der Waals surface area contributed by atoms with Gasteiger partial charge in [-0.3, -0.25) is 4.79 Å². The summed E-state index contributed by atoms with van der Waals surface area (Å²) in [5, 5.41) is 4.42. The van der Waals surface area contributed by atoms with Crippen molar-refractivity contribution in [2.24, 2.45) is 0 Å². The molecule has 0 fully saturated rings. The molecule has 0 aliphatic rings. The van der Waals surface area contributed by atoms with Crippen molar-refractivity contribution < 1.29 is 23.2 Å². The number of halogens is 2. The van der Waals surface area contributed by atoms with Gasteiger partial charge in [0.15, 0.2) is 17.8 Å². The van der Waals surface area contributed by atoms with E-state index in [2.05, 4.69) is 15.1 Å². The quantitative estimate of drug-likeness (QED) is 0.365. The van der Waals surface area contributed by atoms with Gasteiger partial charge in [-0.25, -0.2) is 18.4 Å². The first-order valence-corrected chi connectivity index (χ1v) is 11.4. The van der Waals surface area contributed by atoms with Crippen LogP contribution in [0.1, 0.15) is 37.9 Å². The van der Waals surface area contributed by atoms with Crippen molar-refractivity contribution in [1.82, 2.24) is 14.8 Å². The normalized spacial score (nSPS) is 12.4. The lowest BCUT2D eigenvalue weighted by Gasteiger charge is -2.22. The van der Waals surface area contributed by atoms with Crippen molar-refractivity contribution in [3.05, 3.63) is 100 Å². The molecule has 0 aliphatic heterocycles. The average molecular weight is 494 g/mol. The average Bonchev–Trinajstić information content (AvgIpc) is 2.89. The number of hydrogen-bond donors (Lipinski definition) is 0. The fourth-order valence-electron chi connectivity index (χ4n) is 3.50. The van der Waals surface area contributed by atoms with E-state index in [9.17, 15) is 13.6 Å². The van der Waals surface area contributed by atoms with E-state index in [4.69, 9.17) is 9.47 Å². The van der Waals surface area contributed by atoms with Crippen LogP contribution in [0.2, 0.25) is 0 Å². The topological polar surface area (TPSA) is 80.4 Å². The molecule has 0 spiro atoms. The van der Waals surface area contributed by atoms with Gasteiger partial charge in [0.1, 0.15) is 18.5 Å². The Morgan fingerprint density at radius 2 is 1.92 bits per heavy atom. The van der Waals surface area contributed by atoms with Crippen molar-refractivity contribution in [2.75, 3.05) is 13.7 Å². The lowest BCUT2D eigenvalue weighted by Crippen LogP contribution is -2.31. The molecular formula is C27H27F2N4O3+. The van der Waals surface area contributed by atoms with Crippen molar-refractivity contribution in [1.29, 1.82) is 0 Å². The molecule has 2 heterocycles. The number of nitrogens with zero attached hydrogens (tertiary/aromatic N) is 3. The lowest BCUT2D eigenvalue weighted by atomic mass is 9.95. The molecule has 2 aromatic heterocycles. The number of aromatic nitrogens is 4. The third kappa shape index (κ3) is 5.63. The van der Waals surface area contributed by atoms with Gasteiger partial charge in [0.2, 0.25) is 11.2 Å². The number of nitrogens with one attached hydrogen (secondary N) is 1. The molecule has 2 aromatic carbocycles. The molecule has 4 rings (SSSR count). The van der Waals surface area contributed by atoms with E-state index in [1.165, 1.54) is 23.0 Å². The third-order valence-corrected chi connectivity index (χ3v) is 5.88. The van der Waals surface area contributed by atoms with Crippen LogP contribution in [0.15, 0.2) is 71.9 Å². The van der Waals surface area contributed by atoms with E-state index in [0.717, 1.165) is 23.3 Å². The van der Waals surface area contributed by atoms with Crippen LogP contribution in [0.3, 0.4) is 0 Å². The molecule has 0 bridgehead atoms. The third-order valence-electron chi connectivity index (χ3n) is 5.88. The summed E-state index contributed by atoms with van der Waals surface area (Å²) in [7, 11) is 1.63. The molecule has 0 radical (unpaired) electrons. The molecule has 0 aliphatic carbocycles. The van der Waals surface area contributed by atoms with Crippen LogP contribution < -0.4 is 15.1 Å². The number of benzene rings is 2. The number of rotatable bonds is 8. The molecule has 36 heavy (non-hydrogen) atoms. The molecule has 186 valence electrons. The second-order valence-corrected chi connectivity index (χ2v) is 9.01. The van der Waals surface area contributed by atoms with Gasteiger partial charge in [0.25, 0.3) is 0 Å². The van der Waals surface area contributed by atoms with Gasteiger partial charge < -0.3 is 9.47 Å². The zero-order chi connectivity index (χ0) is 25.9. The Labute approximate surface area is 207 Å². The lowest BCUT2D eigenvalue weighted by molar-refractivity contribution is -0.370. The second kappa shape index (κ2) is 10.3. The minimum atomic E-state index is -0.988. The number of aromatic amines is 1. The highest BCUT2D eigenvalue weighted by Gasteiger charge is 2.20. The Bertz CT molecular complexity index is 1420. The smallest absolute Gasteiger partial charge is 0.328 e. The van der Waals surface area contributed by atoms with E-state index < -0.39 is 17.2 Å². The second-order valence-electron chi connectivity index (χ2n) is 9.01. The molecule has 1 N–H and O–H groups in total. The van der Waals surface area contributed by atoms with Crippen LogP contribution in [0.5, 0.6) is 5.75 Å². The molecule has 7 nitrogen and oxygen atoms in total. The first-order chi connectivity index (χ1) is 17.2. The van der Waals surface area contributed by atoms with Crippen molar-refractivity contribution >= 4 is 0 Å². The SMILES string of the molecule is COC(C)(C)COc1cnc(-c2cccc(C(C)c3nn(-c4ccc(F)c(F)c4)ccc3=O)c2)[nH+]c1. The van der Waals surface area contributed by atoms with Crippen LogP contribution in [0, 0.1) is 11.6 Å². The highest BCUT2D eigenvalue weighted by Crippen LogP contribution is 2.25. The molecule has 0 saturated heterocycles. The van der Waals surface area contributed by atoms with Crippen LogP contribution in [0.25, 0.3) is 17.1 Å². The van der Waals surface area contributed by atoms with Gasteiger partial charge in [-0.05, 0) is 48.7 Å². The molecule has 0 saturated carbocycles. The summed E-state index contributed by atoms with van der Waals surface area (Å²) in [4.78, 5) is 20.2. The fourth-order valence-corrected chi connectivity index (χ4v) is 3.50. The largest absolute Gasteiger partial charge is 0.483 e. The predicted molar refractivity (Wildman–Crippen MR) is 130 cm³/mol. The van der Waals surface area contributed by atoms with Crippen LogP contribution in [0.4, 0.5) is 8.78 Å². The minimum absolute atomic E-state index is 0.253. The Morgan fingerprint density at radius 1 is 1.11 bits per heavy atom. The zero-order valence-electron chi connectivity index (χ0n) is 20.5. The van der Waals surface area contributed by atoms with E-state index in [1.54, 1.807) is 19.5 Å². The Hall–Kier alpha value is -3.98. The maximum atomic E-state index is 13.7. The van der Waals surface area contributed by atoms with Gasteiger partial charge >= 0.3 is 5.82 Å². The first-order valence-electron chi connectivity index (χ1n) is 11.4. The van der Waals surface area contributed by atoms with Gasteiger partial charge in [-0.15, -0.1) is 0 Å². The molecular weight excluding hydrogens is 466 g/mol. The Morgan fingerprint density at radius 3 is 2.61 bits per heavy atom. The van der Waals surface area contributed by atoms with Crippen molar-refractivity contribution in [3.8, 4) is 22.8 Å². The highest BCUT2D eigenvalue weighted by molar-refractivity contribution is 5.54. The van der Waals surface area contributed by atoms with E-state index in [1.807, 2.05) is 45.0 Å². The van der Waals surface area contributed by atoms with E-state index in [0.29, 0.717) is 23.9 Å². The summed E-state index contributed by atoms with van der Waals surface area (Å²) in [5.41, 5.74) is 1.58. The summed E-state index contributed by atoms with van der Waals surface area (Å²) < 4.78 is 39.5. The molecule has 1 atom stereocenters. The Kier molecular flexibility index (Phi) is 7.21. The number of hydrogen-bond acceptors (Lipinski definition) is 5. The number of H-pyrrole nitrogens is 1. The van der Waals surface area contributed by atoms with E-state index in [-0.39, 0.29) is 17.0 Å². The van der Waals surface area contributed by atoms with Crippen LogP contribution in [-0.2, 0) is 4.74 Å². The number of methoxy groups -OCH3 is 1. The van der Waals surface area contributed by atoms with Crippen molar-refractivity contribution in [3.63, 3.8) is 0 Å². The van der Waals surface area contributed by atoms with Crippen molar-refractivity contribution in [2.45, 2.75) is 32.3 Å². The molecule has 9 heteroatoms. The van der Waals surface area contributed by atoms with Gasteiger partial charge in [0, 0.05) is 31.4 Å². The summed E-state index contributed by atoms with van der Waals surface area (Å²) in [6.07, 6.45) is 4.79. The van der Waals surface area contributed by atoms with Crippen LogP contribution >= 0.6 is 0 Å². The molecule has 4 aromatic rings. The molecule has 1 unspecified atom stereocenters. The monoisotopic (exact) mass is 493 g/mol. The molecule has 0 amide bonds. The van der Waals surface area contributed by atoms with Crippen LogP contribution in [-0.4, -0.2) is 34.1 Å². The number of ether oxygens (including phenoxy) is 2. The van der Waals surface area contributed by atoms with E-state index >= 15 is 0 Å². The highest BCUT2D eigenvalue weighted by atomic mass is 19.2. The van der Waals surface area contributed by atoms with Gasteiger partial charge in [0.05, 0.1) is 16.9 Å².